The Labute approximate surface area is 209 Å². The number of hydrogen-bond acceptors (Lipinski definition) is 7. The highest BCUT2D eigenvalue weighted by molar-refractivity contribution is 5.91. The third-order valence-corrected chi connectivity index (χ3v) is 5.72. The van der Waals surface area contributed by atoms with Crippen molar-refractivity contribution in [2.75, 3.05) is 21.3 Å². The van der Waals surface area contributed by atoms with Gasteiger partial charge in [-0.1, -0.05) is 26.0 Å². The summed E-state index contributed by atoms with van der Waals surface area (Å²) in [7, 11) is 4.60. The van der Waals surface area contributed by atoms with Crippen molar-refractivity contribution >= 4 is 27.8 Å². The summed E-state index contributed by atoms with van der Waals surface area (Å²) in [6.07, 6.45) is 4.34. The van der Waals surface area contributed by atoms with Crippen LogP contribution in [-0.2, 0) is 11.2 Å². The zero-order valence-electron chi connectivity index (χ0n) is 21.0. The summed E-state index contributed by atoms with van der Waals surface area (Å²) in [4.78, 5) is 20.9. The van der Waals surface area contributed by atoms with Gasteiger partial charge in [-0.15, -0.1) is 0 Å². The molecular formula is C29H28N2O5. The number of esters is 1. The monoisotopic (exact) mass is 484 g/mol. The number of carbonyl (C=O) groups is 1. The van der Waals surface area contributed by atoms with Gasteiger partial charge in [0.05, 0.1) is 26.9 Å². The van der Waals surface area contributed by atoms with E-state index in [1.807, 2.05) is 62.6 Å². The largest absolute Gasteiger partial charge is 0.493 e. The normalized spacial score (nSPS) is 10.6. The Morgan fingerprint density at radius 3 is 2.44 bits per heavy atom. The van der Waals surface area contributed by atoms with Crippen LogP contribution in [0, 0.1) is 0 Å². The molecule has 7 nitrogen and oxygen atoms in total. The van der Waals surface area contributed by atoms with Gasteiger partial charge in [0.2, 0.25) is 5.89 Å². The van der Waals surface area contributed by atoms with Crippen LogP contribution in [0.2, 0.25) is 0 Å². The molecule has 0 saturated carbocycles. The number of rotatable bonds is 6. The smallest absolute Gasteiger partial charge is 0.337 e. The Hall–Kier alpha value is -4.39. The van der Waals surface area contributed by atoms with E-state index in [-0.39, 0.29) is 0 Å². The maximum absolute atomic E-state index is 11.9. The summed E-state index contributed by atoms with van der Waals surface area (Å²) < 4.78 is 21.7. The van der Waals surface area contributed by atoms with Crippen molar-refractivity contribution in [2.45, 2.75) is 20.3 Å². The summed E-state index contributed by atoms with van der Waals surface area (Å²) in [5, 5.41) is 2.03. The molecule has 0 aliphatic heterocycles. The number of hydrogen-bond donors (Lipinski definition) is 0. The van der Waals surface area contributed by atoms with Gasteiger partial charge in [-0.2, -0.15) is 0 Å². The highest BCUT2D eigenvalue weighted by Crippen LogP contribution is 2.34. The Balaban J connectivity index is 0.00000148. The zero-order valence-corrected chi connectivity index (χ0v) is 21.0. The molecular weight excluding hydrogens is 456 g/mol. The number of carbonyl (C=O) groups excluding carboxylic acids is 1. The number of fused-ring (bicyclic) bond motifs is 2. The first-order valence-electron chi connectivity index (χ1n) is 11.7. The predicted octanol–water partition coefficient (Wildman–Crippen LogP) is 6.46. The maximum atomic E-state index is 11.9. The first kappa shape index (κ1) is 24.7. The SMILES string of the molecule is CC.COC(=O)c1cccc(-c2nc3cc(Cc4cncc5cc(OC)c(OC)cc45)ccc3o2)c1. The molecule has 0 spiro atoms. The molecule has 0 atom stereocenters. The van der Waals surface area contributed by atoms with E-state index in [9.17, 15) is 4.79 Å². The van der Waals surface area contributed by atoms with E-state index < -0.39 is 5.97 Å². The fraction of sp³-hybridized carbons (Fsp3) is 0.207. The standard InChI is InChI=1S/C27H22N2O5.C2H6/c1-31-24-12-20-15-28-14-19(21(20)13-25(24)32-2)9-16-7-8-23-22(10-16)29-26(34-23)17-5-4-6-18(11-17)27(30)33-3;1-2/h4-8,10-15H,9H2,1-3H3;1-2H3. The van der Waals surface area contributed by atoms with Crippen molar-refractivity contribution in [1.29, 1.82) is 0 Å². The van der Waals surface area contributed by atoms with E-state index in [1.165, 1.54) is 7.11 Å². The third kappa shape index (κ3) is 4.86. The molecule has 0 fully saturated rings. The van der Waals surface area contributed by atoms with Crippen molar-refractivity contribution in [3.63, 3.8) is 0 Å². The summed E-state index contributed by atoms with van der Waals surface area (Å²) >= 11 is 0. The second-order valence-corrected chi connectivity index (χ2v) is 7.80. The molecule has 7 heteroatoms. The molecule has 0 aliphatic rings. The number of aromatic nitrogens is 2. The second-order valence-electron chi connectivity index (χ2n) is 7.80. The van der Waals surface area contributed by atoms with Gasteiger partial charge < -0.3 is 18.6 Å². The van der Waals surface area contributed by atoms with E-state index in [4.69, 9.17) is 18.6 Å². The van der Waals surface area contributed by atoms with Gasteiger partial charge in [0.1, 0.15) is 5.52 Å². The number of methoxy groups -OCH3 is 3. The lowest BCUT2D eigenvalue weighted by molar-refractivity contribution is 0.0601. The third-order valence-electron chi connectivity index (χ3n) is 5.72. The van der Waals surface area contributed by atoms with Crippen LogP contribution in [-0.4, -0.2) is 37.3 Å². The van der Waals surface area contributed by atoms with Crippen LogP contribution < -0.4 is 9.47 Å². The quantitative estimate of drug-likeness (QED) is 0.256. The summed E-state index contributed by atoms with van der Waals surface area (Å²) in [6, 6.07) is 16.9. The van der Waals surface area contributed by atoms with Crippen LogP contribution in [0.15, 0.2) is 71.4 Å². The first-order chi connectivity index (χ1) is 17.6. The molecule has 2 heterocycles. The molecule has 5 aromatic rings. The summed E-state index contributed by atoms with van der Waals surface area (Å²) in [5.74, 6) is 1.38. The predicted molar refractivity (Wildman–Crippen MR) is 140 cm³/mol. The molecule has 2 aromatic heterocycles. The van der Waals surface area contributed by atoms with Crippen LogP contribution in [0.25, 0.3) is 33.3 Å². The zero-order chi connectivity index (χ0) is 25.7. The minimum atomic E-state index is -0.404. The fourth-order valence-electron chi connectivity index (χ4n) is 4.02. The number of nitrogens with zero attached hydrogens (tertiary/aromatic N) is 2. The van der Waals surface area contributed by atoms with Crippen LogP contribution in [0.4, 0.5) is 0 Å². The molecule has 0 N–H and O–H groups in total. The van der Waals surface area contributed by atoms with E-state index in [0.29, 0.717) is 40.5 Å². The van der Waals surface area contributed by atoms with Crippen LogP contribution in [0.5, 0.6) is 11.5 Å². The van der Waals surface area contributed by atoms with Crippen LogP contribution in [0.1, 0.15) is 35.3 Å². The van der Waals surface area contributed by atoms with Crippen molar-refractivity contribution < 1.29 is 23.4 Å². The molecule has 0 bridgehead atoms. The molecule has 0 saturated heterocycles. The van der Waals surface area contributed by atoms with Crippen LogP contribution in [0.3, 0.4) is 0 Å². The number of oxazole rings is 1. The Bertz CT molecular complexity index is 1520. The Kier molecular flexibility index (Phi) is 7.49. The van der Waals surface area contributed by atoms with E-state index in [0.717, 1.165) is 27.4 Å². The van der Waals surface area contributed by atoms with E-state index in [2.05, 4.69) is 9.97 Å². The van der Waals surface area contributed by atoms with Gasteiger partial charge in [0.15, 0.2) is 17.1 Å². The second kappa shape index (κ2) is 10.9. The molecule has 0 amide bonds. The molecule has 184 valence electrons. The molecule has 0 radical (unpaired) electrons. The number of pyridine rings is 1. The van der Waals surface area contributed by atoms with E-state index in [1.54, 1.807) is 32.4 Å². The van der Waals surface area contributed by atoms with Crippen molar-refractivity contribution in [3.05, 3.63) is 83.7 Å². The highest BCUT2D eigenvalue weighted by Gasteiger charge is 2.14. The average Bonchev–Trinajstić information content (AvgIpc) is 3.37. The molecule has 3 aromatic carbocycles. The minimum Gasteiger partial charge on any atom is -0.493 e. The lowest BCUT2D eigenvalue weighted by Crippen LogP contribution is -2.00. The van der Waals surface area contributed by atoms with Crippen molar-refractivity contribution in [1.82, 2.24) is 9.97 Å². The molecule has 36 heavy (non-hydrogen) atoms. The Morgan fingerprint density at radius 1 is 0.917 bits per heavy atom. The topological polar surface area (TPSA) is 83.7 Å². The minimum absolute atomic E-state index is 0.404. The average molecular weight is 485 g/mol. The van der Waals surface area contributed by atoms with E-state index >= 15 is 0 Å². The van der Waals surface area contributed by atoms with Crippen LogP contribution >= 0.6 is 0 Å². The van der Waals surface area contributed by atoms with Gasteiger partial charge in [-0.3, -0.25) is 4.98 Å². The first-order valence-corrected chi connectivity index (χ1v) is 11.7. The van der Waals surface area contributed by atoms with Gasteiger partial charge in [-0.05, 0) is 65.4 Å². The fourth-order valence-corrected chi connectivity index (χ4v) is 4.02. The van der Waals surface area contributed by atoms with Crippen molar-refractivity contribution in [2.24, 2.45) is 0 Å². The maximum Gasteiger partial charge on any atom is 0.337 e. The number of ether oxygens (including phenoxy) is 3. The molecule has 0 unspecified atom stereocenters. The summed E-state index contributed by atoms with van der Waals surface area (Å²) in [5.41, 5.74) is 4.69. The molecule has 5 rings (SSSR count). The Morgan fingerprint density at radius 2 is 1.69 bits per heavy atom. The lowest BCUT2D eigenvalue weighted by Gasteiger charge is -2.11. The molecule has 0 aliphatic carbocycles. The van der Waals surface area contributed by atoms with Gasteiger partial charge >= 0.3 is 5.97 Å². The van der Waals surface area contributed by atoms with Gasteiger partial charge in [0, 0.05) is 23.3 Å². The van der Waals surface area contributed by atoms with Gasteiger partial charge in [-0.25, -0.2) is 9.78 Å². The van der Waals surface area contributed by atoms with Crippen molar-refractivity contribution in [3.8, 4) is 23.0 Å². The van der Waals surface area contributed by atoms with Gasteiger partial charge in [0.25, 0.3) is 0 Å². The highest BCUT2D eigenvalue weighted by atomic mass is 16.5. The summed E-state index contributed by atoms with van der Waals surface area (Å²) in [6.45, 7) is 4.00. The lowest BCUT2D eigenvalue weighted by atomic mass is 10.00. The number of benzene rings is 3.